The van der Waals surface area contributed by atoms with Crippen molar-refractivity contribution < 1.29 is 19.4 Å². The van der Waals surface area contributed by atoms with Crippen molar-refractivity contribution in [2.75, 3.05) is 20.3 Å². The third-order valence-corrected chi connectivity index (χ3v) is 6.83. The number of aromatic amines is 1. The first kappa shape index (κ1) is 22.3. The molecule has 0 saturated carbocycles. The SMILES string of the molecule is COCCCN1C(=O)C(=O)/C(=C(/O)c2ccc(Br)c(C)c2)C1c1c(C)[nH]c2ccccc12. The van der Waals surface area contributed by atoms with Crippen LogP contribution in [0.5, 0.6) is 0 Å². The highest BCUT2D eigenvalue weighted by molar-refractivity contribution is 9.10. The number of para-hydroxylation sites is 1. The number of H-pyrrole nitrogens is 1. The summed E-state index contributed by atoms with van der Waals surface area (Å²) in [6.07, 6.45) is 0.582. The summed E-state index contributed by atoms with van der Waals surface area (Å²) >= 11 is 3.47. The summed E-state index contributed by atoms with van der Waals surface area (Å²) in [5, 5.41) is 12.2. The van der Waals surface area contributed by atoms with Gasteiger partial charge in [0, 0.05) is 52.5 Å². The van der Waals surface area contributed by atoms with Crippen molar-refractivity contribution in [3.05, 3.63) is 74.9 Å². The van der Waals surface area contributed by atoms with Gasteiger partial charge < -0.3 is 19.7 Å². The lowest BCUT2D eigenvalue weighted by atomic mass is 9.93. The van der Waals surface area contributed by atoms with Crippen LogP contribution in [0.25, 0.3) is 16.7 Å². The molecular formula is C25H25BrN2O4. The molecule has 1 atom stereocenters. The van der Waals surface area contributed by atoms with Gasteiger partial charge in [-0.05, 0) is 44.0 Å². The molecule has 6 nitrogen and oxygen atoms in total. The highest BCUT2D eigenvalue weighted by Gasteiger charge is 2.47. The number of rotatable bonds is 6. The van der Waals surface area contributed by atoms with E-state index in [1.807, 2.05) is 44.2 Å². The van der Waals surface area contributed by atoms with Gasteiger partial charge in [-0.25, -0.2) is 0 Å². The number of benzene rings is 2. The summed E-state index contributed by atoms with van der Waals surface area (Å²) in [4.78, 5) is 31.2. The summed E-state index contributed by atoms with van der Waals surface area (Å²) in [5.41, 5.74) is 4.13. The van der Waals surface area contributed by atoms with Gasteiger partial charge in [0.15, 0.2) is 0 Å². The van der Waals surface area contributed by atoms with E-state index in [2.05, 4.69) is 20.9 Å². The third kappa shape index (κ3) is 3.76. The summed E-state index contributed by atoms with van der Waals surface area (Å²) in [7, 11) is 1.60. The average molecular weight is 497 g/mol. The molecule has 2 N–H and O–H groups in total. The number of likely N-dealkylation sites (tertiary alicyclic amines) is 1. The van der Waals surface area contributed by atoms with Gasteiger partial charge in [-0.15, -0.1) is 0 Å². The number of nitrogens with one attached hydrogen (secondary N) is 1. The Morgan fingerprint density at radius 2 is 1.94 bits per heavy atom. The number of halogens is 1. The fraction of sp³-hybridized carbons (Fsp3) is 0.280. The summed E-state index contributed by atoms with van der Waals surface area (Å²) in [6.45, 7) is 4.65. The van der Waals surface area contributed by atoms with Crippen LogP contribution in [0.15, 0.2) is 52.5 Å². The molecule has 32 heavy (non-hydrogen) atoms. The zero-order chi connectivity index (χ0) is 23.0. The van der Waals surface area contributed by atoms with Crippen molar-refractivity contribution in [3.63, 3.8) is 0 Å². The molecule has 1 aromatic heterocycles. The number of methoxy groups -OCH3 is 1. The molecule has 0 aliphatic carbocycles. The largest absolute Gasteiger partial charge is 0.507 e. The molecule has 1 saturated heterocycles. The fourth-order valence-corrected chi connectivity index (χ4v) is 4.63. The highest BCUT2D eigenvalue weighted by atomic mass is 79.9. The number of hydrogen-bond donors (Lipinski definition) is 2. The van der Waals surface area contributed by atoms with Gasteiger partial charge in [-0.3, -0.25) is 9.59 Å². The van der Waals surface area contributed by atoms with Gasteiger partial charge in [-0.1, -0.05) is 40.2 Å². The molecule has 1 aliphatic heterocycles. The lowest BCUT2D eigenvalue weighted by molar-refractivity contribution is -0.140. The Bertz CT molecular complexity index is 1240. The minimum atomic E-state index is -0.688. The monoisotopic (exact) mass is 496 g/mol. The first-order chi connectivity index (χ1) is 15.3. The molecule has 0 radical (unpaired) electrons. The summed E-state index contributed by atoms with van der Waals surface area (Å²) in [5.74, 6) is -1.44. The lowest BCUT2D eigenvalue weighted by Crippen LogP contribution is -2.31. The predicted molar refractivity (Wildman–Crippen MR) is 127 cm³/mol. The Morgan fingerprint density at radius 1 is 1.19 bits per heavy atom. The van der Waals surface area contributed by atoms with Crippen molar-refractivity contribution >= 4 is 44.3 Å². The minimum Gasteiger partial charge on any atom is -0.507 e. The Labute approximate surface area is 195 Å². The number of aliphatic hydroxyl groups is 1. The first-order valence-corrected chi connectivity index (χ1v) is 11.3. The van der Waals surface area contributed by atoms with Crippen LogP contribution in [0.1, 0.15) is 34.8 Å². The fourth-order valence-electron chi connectivity index (χ4n) is 4.39. The van der Waals surface area contributed by atoms with Gasteiger partial charge in [0.1, 0.15) is 5.76 Å². The van der Waals surface area contributed by atoms with E-state index in [9.17, 15) is 14.7 Å². The van der Waals surface area contributed by atoms with Crippen molar-refractivity contribution in [1.82, 2.24) is 9.88 Å². The van der Waals surface area contributed by atoms with E-state index in [0.717, 1.165) is 32.2 Å². The van der Waals surface area contributed by atoms with Crippen LogP contribution >= 0.6 is 15.9 Å². The average Bonchev–Trinajstić information content (AvgIpc) is 3.23. The quantitative estimate of drug-likeness (QED) is 0.217. The number of ether oxygens (including phenoxy) is 1. The number of aryl methyl sites for hydroxylation is 2. The summed E-state index contributed by atoms with van der Waals surface area (Å²) < 4.78 is 6.06. The van der Waals surface area contributed by atoms with E-state index in [4.69, 9.17) is 4.74 Å². The van der Waals surface area contributed by atoms with E-state index >= 15 is 0 Å². The maximum atomic E-state index is 13.2. The molecule has 0 spiro atoms. The van der Waals surface area contributed by atoms with E-state index in [0.29, 0.717) is 25.1 Å². The molecule has 3 aromatic rings. The van der Waals surface area contributed by atoms with Crippen LogP contribution in [0.4, 0.5) is 0 Å². The van der Waals surface area contributed by atoms with Gasteiger partial charge in [0.05, 0.1) is 11.6 Å². The molecule has 1 unspecified atom stereocenters. The second-order valence-electron chi connectivity index (χ2n) is 8.01. The molecule has 1 fully saturated rings. The van der Waals surface area contributed by atoms with Crippen LogP contribution in [0.3, 0.4) is 0 Å². The number of aromatic nitrogens is 1. The van der Waals surface area contributed by atoms with Gasteiger partial charge in [-0.2, -0.15) is 0 Å². The Hall–Kier alpha value is -2.90. The van der Waals surface area contributed by atoms with Crippen LogP contribution in [0, 0.1) is 13.8 Å². The number of ketones is 1. The van der Waals surface area contributed by atoms with Crippen molar-refractivity contribution in [2.24, 2.45) is 0 Å². The lowest BCUT2D eigenvalue weighted by Gasteiger charge is -2.25. The van der Waals surface area contributed by atoms with Crippen LogP contribution < -0.4 is 0 Å². The number of amides is 1. The van der Waals surface area contributed by atoms with E-state index in [1.165, 1.54) is 0 Å². The molecule has 1 aliphatic rings. The number of aliphatic hydroxyl groups excluding tert-OH is 1. The normalized spacial score (nSPS) is 18.1. The maximum Gasteiger partial charge on any atom is 0.295 e. The number of Topliss-reactive ketones (excluding diaryl/α,β-unsaturated/α-hetero) is 1. The molecule has 166 valence electrons. The van der Waals surface area contributed by atoms with Crippen LogP contribution in [-0.2, 0) is 14.3 Å². The topological polar surface area (TPSA) is 82.6 Å². The van der Waals surface area contributed by atoms with Crippen molar-refractivity contribution in [2.45, 2.75) is 26.3 Å². The number of fused-ring (bicyclic) bond motifs is 1. The molecule has 4 rings (SSSR count). The Balaban J connectivity index is 1.94. The molecule has 2 heterocycles. The number of carbonyl (C=O) groups is 2. The second kappa shape index (κ2) is 8.92. The number of hydrogen-bond acceptors (Lipinski definition) is 4. The molecule has 7 heteroatoms. The van der Waals surface area contributed by atoms with E-state index < -0.39 is 17.7 Å². The van der Waals surface area contributed by atoms with Gasteiger partial charge in [0.25, 0.3) is 11.7 Å². The van der Waals surface area contributed by atoms with E-state index in [-0.39, 0.29) is 11.3 Å². The highest BCUT2D eigenvalue weighted by Crippen LogP contribution is 2.43. The standard InChI is InChI=1S/C25H25BrN2O4/c1-14-13-16(9-10-18(14)26)23(29)21-22(28(11-6-12-32-3)25(31)24(21)30)20-15(2)27-19-8-5-4-7-17(19)20/h4-5,7-10,13,22,27,29H,6,11-12H2,1-3H3/b23-21+. The zero-order valence-electron chi connectivity index (χ0n) is 18.2. The van der Waals surface area contributed by atoms with Crippen LogP contribution in [-0.4, -0.2) is 46.9 Å². The van der Waals surface area contributed by atoms with Gasteiger partial charge in [0.2, 0.25) is 0 Å². The maximum absolute atomic E-state index is 13.2. The van der Waals surface area contributed by atoms with E-state index in [1.54, 1.807) is 24.1 Å². The second-order valence-corrected chi connectivity index (χ2v) is 8.87. The zero-order valence-corrected chi connectivity index (χ0v) is 19.8. The van der Waals surface area contributed by atoms with Gasteiger partial charge >= 0.3 is 0 Å². The number of nitrogens with zero attached hydrogens (tertiary/aromatic N) is 1. The smallest absolute Gasteiger partial charge is 0.295 e. The van der Waals surface area contributed by atoms with Crippen LogP contribution in [0.2, 0.25) is 0 Å². The third-order valence-electron chi connectivity index (χ3n) is 5.94. The predicted octanol–water partition coefficient (Wildman–Crippen LogP) is 5.01. The molecule has 1 amide bonds. The first-order valence-electron chi connectivity index (χ1n) is 10.5. The molecular weight excluding hydrogens is 472 g/mol. The van der Waals surface area contributed by atoms with Crippen molar-refractivity contribution in [3.8, 4) is 0 Å². The Morgan fingerprint density at radius 3 is 2.66 bits per heavy atom. The molecule has 0 bridgehead atoms. The molecule has 2 aromatic carbocycles. The summed E-state index contributed by atoms with van der Waals surface area (Å²) in [6, 6.07) is 12.5. The minimum absolute atomic E-state index is 0.113. The Kier molecular flexibility index (Phi) is 6.22. The number of carbonyl (C=O) groups excluding carboxylic acids is 2. The van der Waals surface area contributed by atoms with Crippen molar-refractivity contribution in [1.29, 1.82) is 0 Å².